The molecule has 2 unspecified atom stereocenters. The minimum atomic E-state index is -0.212. The first-order valence-corrected chi connectivity index (χ1v) is 7.60. The number of aliphatic hydroxyl groups is 1. The summed E-state index contributed by atoms with van der Waals surface area (Å²) in [6.07, 6.45) is 4.04. The molecule has 6 heteroatoms. The molecule has 1 heterocycles. The maximum atomic E-state index is 9.95. The third kappa shape index (κ3) is 4.58. The van der Waals surface area contributed by atoms with Crippen LogP contribution in [0.25, 0.3) is 0 Å². The Bertz CT molecular complexity index is 431. The van der Waals surface area contributed by atoms with Crippen molar-refractivity contribution in [2.75, 3.05) is 18.5 Å². The molecule has 0 aliphatic heterocycles. The number of aromatic nitrogens is 2. The fourth-order valence-corrected chi connectivity index (χ4v) is 2.68. The van der Waals surface area contributed by atoms with Crippen LogP contribution >= 0.6 is 11.6 Å². The Morgan fingerprint density at radius 1 is 1.40 bits per heavy atom. The van der Waals surface area contributed by atoms with E-state index >= 15 is 0 Å². The number of nitrogens with zero attached hydrogens (tertiary/aromatic N) is 2. The number of rotatable bonds is 6. The second kappa shape index (κ2) is 7.76. The van der Waals surface area contributed by atoms with Gasteiger partial charge in [-0.1, -0.05) is 24.4 Å². The van der Waals surface area contributed by atoms with Gasteiger partial charge in [-0.15, -0.1) is 0 Å². The first-order valence-electron chi connectivity index (χ1n) is 7.22. The zero-order chi connectivity index (χ0) is 14.4. The SMILES string of the molecule is CCOCc1nc(Cl)cc(NCC2CCCCC2O)n1. The van der Waals surface area contributed by atoms with Crippen LogP contribution in [-0.2, 0) is 11.3 Å². The van der Waals surface area contributed by atoms with Crippen LogP contribution in [0.1, 0.15) is 38.4 Å². The van der Waals surface area contributed by atoms with Crippen LogP contribution in [0, 0.1) is 5.92 Å². The Hall–Kier alpha value is -0.910. The van der Waals surface area contributed by atoms with E-state index in [0.29, 0.717) is 36.6 Å². The van der Waals surface area contributed by atoms with E-state index < -0.39 is 0 Å². The normalized spacial score (nSPS) is 22.8. The smallest absolute Gasteiger partial charge is 0.158 e. The lowest BCUT2D eigenvalue weighted by atomic mass is 9.86. The minimum absolute atomic E-state index is 0.212. The summed E-state index contributed by atoms with van der Waals surface area (Å²) in [5.74, 6) is 1.55. The Labute approximate surface area is 124 Å². The second-order valence-electron chi connectivity index (χ2n) is 5.12. The van der Waals surface area contributed by atoms with Crippen molar-refractivity contribution in [2.24, 2.45) is 5.92 Å². The summed E-state index contributed by atoms with van der Waals surface area (Å²) in [6.45, 7) is 3.61. The van der Waals surface area contributed by atoms with Gasteiger partial charge >= 0.3 is 0 Å². The van der Waals surface area contributed by atoms with E-state index in [2.05, 4.69) is 15.3 Å². The van der Waals surface area contributed by atoms with Crippen LogP contribution in [0.5, 0.6) is 0 Å². The lowest BCUT2D eigenvalue weighted by molar-refractivity contribution is 0.0763. The van der Waals surface area contributed by atoms with Gasteiger partial charge in [-0.2, -0.15) is 0 Å². The average molecular weight is 300 g/mol. The molecule has 0 aromatic carbocycles. The summed E-state index contributed by atoms with van der Waals surface area (Å²) in [5, 5.41) is 13.6. The van der Waals surface area contributed by atoms with E-state index in [1.807, 2.05) is 6.92 Å². The van der Waals surface area contributed by atoms with Crippen LogP contribution in [-0.4, -0.2) is 34.3 Å². The molecular weight excluding hydrogens is 278 g/mol. The summed E-state index contributed by atoms with van der Waals surface area (Å²) in [6, 6.07) is 1.70. The van der Waals surface area contributed by atoms with Gasteiger partial charge in [-0.3, -0.25) is 0 Å². The molecule has 0 amide bonds. The number of ether oxygens (including phenoxy) is 1. The molecule has 1 aliphatic rings. The molecule has 0 saturated heterocycles. The predicted molar refractivity (Wildman–Crippen MR) is 78.8 cm³/mol. The molecular formula is C14H22ClN3O2. The number of aliphatic hydroxyl groups excluding tert-OH is 1. The average Bonchev–Trinajstić information content (AvgIpc) is 2.44. The monoisotopic (exact) mass is 299 g/mol. The second-order valence-corrected chi connectivity index (χ2v) is 5.51. The quantitative estimate of drug-likeness (QED) is 0.790. The standard InChI is InChI=1S/C14H22ClN3O2/c1-2-20-9-14-17-12(15)7-13(18-14)16-8-10-5-3-4-6-11(10)19/h7,10-11,19H,2-6,8-9H2,1H3,(H,16,17,18). The largest absolute Gasteiger partial charge is 0.393 e. The van der Waals surface area contributed by atoms with Crippen LogP contribution in [0.2, 0.25) is 5.15 Å². The van der Waals surface area contributed by atoms with E-state index in [-0.39, 0.29) is 12.0 Å². The lowest BCUT2D eigenvalue weighted by Gasteiger charge is -2.27. The molecule has 1 saturated carbocycles. The zero-order valence-corrected chi connectivity index (χ0v) is 12.6. The summed E-state index contributed by atoms with van der Waals surface area (Å²) < 4.78 is 5.29. The topological polar surface area (TPSA) is 67.3 Å². The number of nitrogens with one attached hydrogen (secondary N) is 1. The Morgan fingerprint density at radius 2 is 2.20 bits per heavy atom. The van der Waals surface area contributed by atoms with E-state index in [1.165, 1.54) is 6.42 Å². The van der Waals surface area contributed by atoms with Crippen molar-refractivity contribution in [3.63, 3.8) is 0 Å². The molecule has 2 rings (SSSR count). The van der Waals surface area contributed by atoms with Gasteiger partial charge < -0.3 is 15.2 Å². The van der Waals surface area contributed by atoms with Crippen molar-refractivity contribution in [3.8, 4) is 0 Å². The lowest BCUT2D eigenvalue weighted by Crippen LogP contribution is -2.30. The van der Waals surface area contributed by atoms with Crippen LogP contribution in [0.4, 0.5) is 5.82 Å². The van der Waals surface area contributed by atoms with E-state index in [9.17, 15) is 5.11 Å². The molecule has 0 spiro atoms. The molecule has 1 aromatic heterocycles. The van der Waals surface area contributed by atoms with Crippen LogP contribution in [0.15, 0.2) is 6.07 Å². The van der Waals surface area contributed by atoms with E-state index in [4.69, 9.17) is 16.3 Å². The first-order chi connectivity index (χ1) is 9.69. The van der Waals surface area contributed by atoms with Crippen LogP contribution < -0.4 is 5.32 Å². The van der Waals surface area contributed by atoms with Crippen molar-refractivity contribution in [3.05, 3.63) is 17.0 Å². The molecule has 0 radical (unpaired) electrons. The van der Waals surface area contributed by atoms with Gasteiger partial charge in [-0.25, -0.2) is 9.97 Å². The summed E-state index contributed by atoms with van der Waals surface area (Å²) in [7, 11) is 0. The van der Waals surface area contributed by atoms with Gasteiger partial charge in [0.2, 0.25) is 0 Å². The highest BCUT2D eigenvalue weighted by atomic mass is 35.5. The zero-order valence-electron chi connectivity index (χ0n) is 11.8. The van der Waals surface area contributed by atoms with Gasteiger partial charge in [0.25, 0.3) is 0 Å². The summed E-state index contributed by atoms with van der Waals surface area (Å²) in [4.78, 5) is 8.49. The highest BCUT2D eigenvalue weighted by molar-refractivity contribution is 6.29. The maximum absolute atomic E-state index is 9.95. The third-order valence-electron chi connectivity index (χ3n) is 3.59. The highest BCUT2D eigenvalue weighted by Crippen LogP contribution is 2.24. The first kappa shape index (κ1) is 15.5. The van der Waals surface area contributed by atoms with Gasteiger partial charge in [0.1, 0.15) is 17.6 Å². The van der Waals surface area contributed by atoms with Crippen molar-refractivity contribution < 1.29 is 9.84 Å². The molecule has 2 atom stereocenters. The highest BCUT2D eigenvalue weighted by Gasteiger charge is 2.22. The molecule has 1 aromatic rings. The minimum Gasteiger partial charge on any atom is -0.393 e. The predicted octanol–water partition coefficient (Wildman–Crippen LogP) is 2.63. The molecule has 20 heavy (non-hydrogen) atoms. The van der Waals surface area contributed by atoms with Crippen molar-refractivity contribution in [1.29, 1.82) is 0 Å². The third-order valence-corrected chi connectivity index (χ3v) is 3.78. The molecule has 5 nitrogen and oxygen atoms in total. The Kier molecular flexibility index (Phi) is 6.01. The van der Waals surface area contributed by atoms with Gasteiger partial charge in [0.15, 0.2) is 5.82 Å². The molecule has 1 aliphatic carbocycles. The number of hydrogen-bond donors (Lipinski definition) is 2. The fourth-order valence-electron chi connectivity index (χ4n) is 2.48. The molecule has 112 valence electrons. The number of anilines is 1. The number of hydrogen-bond acceptors (Lipinski definition) is 5. The van der Waals surface area contributed by atoms with E-state index in [0.717, 1.165) is 19.3 Å². The molecule has 2 N–H and O–H groups in total. The van der Waals surface area contributed by atoms with Crippen molar-refractivity contribution in [1.82, 2.24) is 9.97 Å². The van der Waals surface area contributed by atoms with Gasteiger partial charge in [0.05, 0.1) is 6.10 Å². The van der Waals surface area contributed by atoms with Gasteiger partial charge in [-0.05, 0) is 19.8 Å². The maximum Gasteiger partial charge on any atom is 0.158 e. The van der Waals surface area contributed by atoms with Crippen molar-refractivity contribution in [2.45, 2.75) is 45.3 Å². The van der Waals surface area contributed by atoms with E-state index in [1.54, 1.807) is 6.07 Å². The van der Waals surface area contributed by atoms with Crippen LogP contribution in [0.3, 0.4) is 0 Å². The fraction of sp³-hybridized carbons (Fsp3) is 0.714. The molecule has 0 bridgehead atoms. The van der Waals surface area contributed by atoms with Crippen molar-refractivity contribution >= 4 is 17.4 Å². The number of halogens is 1. The summed E-state index contributed by atoms with van der Waals surface area (Å²) >= 11 is 5.98. The Morgan fingerprint density at radius 3 is 2.95 bits per heavy atom. The molecule has 1 fully saturated rings. The summed E-state index contributed by atoms with van der Waals surface area (Å²) in [5.41, 5.74) is 0. The Balaban J connectivity index is 1.92. The van der Waals surface area contributed by atoms with Gasteiger partial charge in [0, 0.05) is 25.1 Å².